The first-order valence-corrected chi connectivity index (χ1v) is 4.64. The molecule has 0 spiro atoms. The van der Waals surface area contributed by atoms with Gasteiger partial charge in [0.25, 0.3) is 0 Å². The second kappa shape index (κ2) is 4.07. The van der Waals surface area contributed by atoms with Crippen LogP contribution in [0.15, 0.2) is 18.2 Å². The van der Waals surface area contributed by atoms with Gasteiger partial charge in [-0.1, -0.05) is 18.2 Å². The van der Waals surface area contributed by atoms with Gasteiger partial charge in [-0.2, -0.15) is 0 Å². The number of hydrogen-bond acceptors (Lipinski definition) is 2. The van der Waals surface area contributed by atoms with Gasteiger partial charge in [-0.15, -0.1) is 0 Å². The van der Waals surface area contributed by atoms with Crippen molar-refractivity contribution in [1.29, 1.82) is 0 Å². The Morgan fingerprint density at radius 1 is 1.50 bits per heavy atom. The molecule has 1 aromatic carbocycles. The third-order valence-corrected chi connectivity index (χ3v) is 2.44. The summed E-state index contributed by atoms with van der Waals surface area (Å²) in [6.07, 6.45) is 0.355. The number of aryl methyl sites for hydroxylation is 1. The highest BCUT2D eigenvalue weighted by Gasteiger charge is 2.24. The summed E-state index contributed by atoms with van der Waals surface area (Å²) in [6, 6.07) is 5.14. The minimum atomic E-state index is -0.801. The lowest BCUT2D eigenvalue weighted by atomic mass is 9.88. The largest absolute Gasteiger partial charge is 0.396 e. The lowest BCUT2D eigenvalue weighted by Crippen LogP contribution is -2.35. The minimum Gasteiger partial charge on any atom is -0.396 e. The molecule has 2 nitrogen and oxygen atoms in total. The van der Waals surface area contributed by atoms with Gasteiger partial charge in [-0.25, -0.2) is 4.39 Å². The number of nitrogens with two attached hydrogens (primary N) is 1. The molecule has 0 aromatic heterocycles. The summed E-state index contributed by atoms with van der Waals surface area (Å²) in [7, 11) is 0. The van der Waals surface area contributed by atoms with E-state index >= 15 is 0 Å². The smallest absolute Gasteiger partial charge is 0.131 e. The van der Waals surface area contributed by atoms with E-state index in [2.05, 4.69) is 0 Å². The Hall–Kier alpha value is -0.930. The Morgan fingerprint density at radius 2 is 2.14 bits per heavy atom. The lowest BCUT2D eigenvalue weighted by molar-refractivity contribution is 0.244. The zero-order valence-corrected chi connectivity index (χ0v) is 8.55. The maximum Gasteiger partial charge on any atom is 0.131 e. The van der Waals surface area contributed by atoms with Gasteiger partial charge in [-0.3, -0.25) is 0 Å². The van der Waals surface area contributed by atoms with E-state index in [1.165, 1.54) is 0 Å². The Labute approximate surface area is 83.6 Å². The van der Waals surface area contributed by atoms with Gasteiger partial charge in [0.15, 0.2) is 0 Å². The average molecular weight is 197 g/mol. The van der Waals surface area contributed by atoms with Crippen LogP contribution in [0.2, 0.25) is 0 Å². The molecule has 78 valence electrons. The minimum absolute atomic E-state index is 0.0413. The second-order valence-electron chi connectivity index (χ2n) is 3.83. The summed E-state index contributed by atoms with van der Waals surface area (Å²) >= 11 is 0. The number of halogens is 1. The Morgan fingerprint density at radius 3 is 2.71 bits per heavy atom. The molecule has 0 aliphatic rings. The molecule has 0 heterocycles. The van der Waals surface area contributed by atoms with E-state index in [9.17, 15) is 4.39 Å². The molecule has 0 aliphatic heterocycles. The first-order valence-electron chi connectivity index (χ1n) is 4.64. The molecule has 14 heavy (non-hydrogen) atoms. The fraction of sp³-hybridized carbons (Fsp3) is 0.455. The number of aliphatic hydroxyl groups is 1. The van der Waals surface area contributed by atoms with Gasteiger partial charge < -0.3 is 10.8 Å². The van der Waals surface area contributed by atoms with Crippen LogP contribution in [0.4, 0.5) is 4.39 Å². The fourth-order valence-corrected chi connectivity index (χ4v) is 1.46. The molecule has 0 amide bonds. The number of rotatable bonds is 3. The third-order valence-electron chi connectivity index (χ3n) is 2.44. The van der Waals surface area contributed by atoms with Crippen LogP contribution in [0.25, 0.3) is 0 Å². The van der Waals surface area contributed by atoms with Gasteiger partial charge in [0, 0.05) is 17.7 Å². The molecule has 0 fully saturated rings. The van der Waals surface area contributed by atoms with Crippen molar-refractivity contribution in [2.24, 2.45) is 5.73 Å². The molecule has 0 saturated carbocycles. The fourth-order valence-electron chi connectivity index (χ4n) is 1.46. The van der Waals surface area contributed by atoms with E-state index in [-0.39, 0.29) is 12.4 Å². The van der Waals surface area contributed by atoms with Crippen LogP contribution in [0.5, 0.6) is 0 Å². The second-order valence-corrected chi connectivity index (χ2v) is 3.83. The normalized spacial score (nSPS) is 15.2. The Balaban J connectivity index is 3.12. The van der Waals surface area contributed by atoms with Crippen LogP contribution in [-0.4, -0.2) is 11.7 Å². The lowest BCUT2D eigenvalue weighted by Gasteiger charge is -2.25. The first kappa shape index (κ1) is 11.1. The molecule has 3 heteroatoms. The zero-order valence-electron chi connectivity index (χ0n) is 8.55. The summed E-state index contributed by atoms with van der Waals surface area (Å²) in [5.41, 5.74) is 6.16. The molecule has 0 aliphatic carbocycles. The van der Waals surface area contributed by atoms with E-state index in [1.54, 1.807) is 32.0 Å². The highest BCUT2D eigenvalue weighted by atomic mass is 19.1. The van der Waals surface area contributed by atoms with E-state index in [1.807, 2.05) is 0 Å². The van der Waals surface area contributed by atoms with Crippen LogP contribution in [0.3, 0.4) is 0 Å². The van der Waals surface area contributed by atoms with Crippen LogP contribution >= 0.6 is 0 Å². The number of benzene rings is 1. The van der Waals surface area contributed by atoms with Gasteiger partial charge in [-0.05, 0) is 25.8 Å². The van der Waals surface area contributed by atoms with Gasteiger partial charge in [0.1, 0.15) is 5.82 Å². The summed E-state index contributed by atoms with van der Waals surface area (Å²) in [5.74, 6) is -0.272. The highest BCUT2D eigenvalue weighted by molar-refractivity contribution is 5.30. The van der Waals surface area contributed by atoms with Crippen LogP contribution in [0.1, 0.15) is 24.5 Å². The maximum atomic E-state index is 13.7. The maximum absolute atomic E-state index is 13.7. The van der Waals surface area contributed by atoms with E-state index in [4.69, 9.17) is 10.8 Å². The SMILES string of the molecule is Cc1cccc([C@](C)(N)CCO)c1F. The van der Waals surface area contributed by atoms with E-state index < -0.39 is 5.54 Å². The Kier molecular flexibility index (Phi) is 3.24. The number of hydrogen-bond donors (Lipinski definition) is 2. The molecule has 0 bridgehead atoms. The third kappa shape index (κ3) is 2.11. The topological polar surface area (TPSA) is 46.2 Å². The summed E-state index contributed by atoms with van der Waals surface area (Å²) in [5, 5.41) is 8.82. The molecule has 1 atom stereocenters. The molecule has 0 radical (unpaired) electrons. The molecular weight excluding hydrogens is 181 g/mol. The zero-order chi connectivity index (χ0) is 10.8. The van der Waals surface area contributed by atoms with Gasteiger partial charge in [0.05, 0.1) is 0 Å². The molecule has 1 rings (SSSR count). The number of aliphatic hydroxyl groups excluding tert-OH is 1. The van der Waals surface area contributed by atoms with Crippen molar-refractivity contribution in [2.45, 2.75) is 25.8 Å². The standard InChI is InChI=1S/C11H16FNO/c1-8-4-3-5-9(10(8)12)11(2,13)6-7-14/h3-5,14H,6-7,13H2,1-2H3/t11-/m1/s1. The van der Waals surface area contributed by atoms with Gasteiger partial charge >= 0.3 is 0 Å². The van der Waals surface area contributed by atoms with E-state index in [0.717, 1.165) is 0 Å². The predicted molar refractivity (Wildman–Crippen MR) is 54.4 cm³/mol. The van der Waals surface area contributed by atoms with Crippen molar-refractivity contribution >= 4 is 0 Å². The van der Waals surface area contributed by atoms with Crippen molar-refractivity contribution in [1.82, 2.24) is 0 Å². The average Bonchev–Trinajstić information content (AvgIpc) is 2.09. The van der Waals surface area contributed by atoms with Crippen molar-refractivity contribution < 1.29 is 9.50 Å². The van der Waals surface area contributed by atoms with Crippen molar-refractivity contribution in [3.05, 3.63) is 35.1 Å². The van der Waals surface area contributed by atoms with Crippen LogP contribution < -0.4 is 5.73 Å². The molecular formula is C11H16FNO. The summed E-state index contributed by atoms with van der Waals surface area (Å²) in [6.45, 7) is 3.38. The molecule has 3 N–H and O–H groups in total. The van der Waals surface area contributed by atoms with Crippen LogP contribution in [-0.2, 0) is 5.54 Å². The summed E-state index contributed by atoms with van der Waals surface area (Å²) in [4.78, 5) is 0. The Bertz CT molecular complexity index is 323. The molecule has 1 aromatic rings. The van der Waals surface area contributed by atoms with Crippen molar-refractivity contribution in [3.8, 4) is 0 Å². The van der Waals surface area contributed by atoms with Crippen molar-refractivity contribution in [2.75, 3.05) is 6.61 Å². The van der Waals surface area contributed by atoms with Crippen molar-refractivity contribution in [3.63, 3.8) is 0 Å². The molecule has 0 unspecified atom stereocenters. The van der Waals surface area contributed by atoms with Crippen LogP contribution in [0, 0.1) is 12.7 Å². The monoisotopic (exact) mass is 197 g/mol. The predicted octanol–water partition coefficient (Wildman–Crippen LogP) is 1.69. The van der Waals surface area contributed by atoms with E-state index in [0.29, 0.717) is 17.5 Å². The van der Waals surface area contributed by atoms with Gasteiger partial charge in [0.2, 0.25) is 0 Å². The summed E-state index contributed by atoms with van der Waals surface area (Å²) < 4.78 is 13.7. The quantitative estimate of drug-likeness (QED) is 0.774. The highest BCUT2D eigenvalue weighted by Crippen LogP contribution is 2.25. The molecule has 0 saturated heterocycles. The first-order chi connectivity index (χ1) is 6.49.